The Bertz CT molecular complexity index is 588. The lowest BCUT2D eigenvalue weighted by molar-refractivity contribution is -0.135. The number of hydrogen-bond donors (Lipinski definition) is 1. The zero-order valence-electron chi connectivity index (χ0n) is 12.5. The molecule has 1 saturated heterocycles. The van der Waals surface area contributed by atoms with Gasteiger partial charge in [0.1, 0.15) is 11.9 Å². The van der Waals surface area contributed by atoms with Crippen LogP contribution in [-0.2, 0) is 9.59 Å². The highest BCUT2D eigenvalue weighted by Gasteiger charge is 2.36. The van der Waals surface area contributed by atoms with Crippen LogP contribution in [0.1, 0.15) is 17.3 Å². The maximum atomic E-state index is 13.0. The van der Waals surface area contributed by atoms with Crippen molar-refractivity contribution in [2.45, 2.75) is 13.0 Å². The predicted molar refractivity (Wildman–Crippen MR) is 77.5 cm³/mol. The van der Waals surface area contributed by atoms with Crippen molar-refractivity contribution in [2.75, 3.05) is 26.7 Å². The molecular formula is C15H18FN3O3. The van der Waals surface area contributed by atoms with Crippen molar-refractivity contribution in [3.63, 3.8) is 0 Å². The number of rotatable bonds is 2. The lowest BCUT2D eigenvalue weighted by Gasteiger charge is -2.40. The molecule has 2 rings (SSSR count). The second-order valence-electron chi connectivity index (χ2n) is 5.10. The molecule has 0 aliphatic carbocycles. The van der Waals surface area contributed by atoms with Gasteiger partial charge in [0.2, 0.25) is 11.8 Å². The van der Waals surface area contributed by atoms with Crippen molar-refractivity contribution < 1.29 is 18.8 Å². The van der Waals surface area contributed by atoms with E-state index in [9.17, 15) is 18.8 Å². The summed E-state index contributed by atoms with van der Waals surface area (Å²) < 4.78 is 13.0. The summed E-state index contributed by atoms with van der Waals surface area (Å²) in [6, 6.07) is 4.42. The van der Waals surface area contributed by atoms with E-state index in [4.69, 9.17) is 0 Å². The van der Waals surface area contributed by atoms with Gasteiger partial charge in [-0.15, -0.1) is 0 Å². The number of halogens is 1. The van der Waals surface area contributed by atoms with E-state index in [1.54, 1.807) is 0 Å². The third-order valence-electron chi connectivity index (χ3n) is 3.73. The molecule has 1 heterocycles. The summed E-state index contributed by atoms with van der Waals surface area (Å²) in [6.07, 6.45) is 0. The Kier molecular flexibility index (Phi) is 4.75. The molecule has 0 bridgehead atoms. The number of benzene rings is 1. The van der Waals surface area contributed by atoms with Gasteiger partial charge in [-0.3, -0.25) is 14.4 Å². The van der Waals surface area contributed by atoms with Crippen LogP contribution < -0.4 is 5.32 Å². The van der Waals surface area contributed by atoms with Crippen LogP contribution in [0.2, 0.25) is 0 Å². The minimum atomic E-state index is -0.750. The molecule has 1 aromatic rings. The number of carbonyl (C=O) groups excluding carboxylic acids is 3. The summed E-state index contributed by atoms with van der Waals surface area (Å²) in [5.41, 5.74) is 0.312. The van der Waals surface area contributed by atoms with E-state index in [0.29, 0.717) is 12.1 Å². The maximum Gasteiger partial charge on any atom is 0.254 e. The fourth-order valence-electron chi connectivity index (χ4n) is 2.46. The molecule has 3 amide bonds. The predicted octanol–water partition coefficient (Wildman–Crippen LogP) is 0.245. The Labute approximate surface area is 127 Å². The quantitative estimate of drug-likeness (QED) is 0.851. The summed E-state index contributed by atoms with van der Waals surface area (Å²) in [5.74, 6) is -1.25. The molecule has 0 spiro atoms. The van der Waals surface area contributed by atoms with Gasteiger partial charge in [-0.2, -0.15) is 0 Å². The molecule has 1 atom stereocenters. The molecule has 118 valence electrons. The molecule has 6 nitrogen and oxygen atoms in total. The van der Waals surface area contributed by atoms with Crippen LogP contribution in [-0.4, -0.2) is 60.2 Å². The Morgan fingerprint density at radius 2 is 1.82 bits per heavy atom. The Morgan fingerprint density at radius 3 is 2.36 bits per heavy atom. The van der Waals surface area contributed by atoms with Gasteiger partial charge in [0.15, 0.2) is 0 Å². The Balaban J connectivity index is 2.23. The average Bonchev–Trinajstić information content (AvgIpc) is 2.53. The number of piperazine rings is 1. The van der Waals surface area contributed by atoms with Crippen molar-refractivity contribution >= 4 is 17.7 Å². The first-order valence-electron chi connectivity index (χ1n) is 6.97. The number of carbonyl (C=O) groups is 3. The van der Waals surface area contributed by atoms with Crippen LogP contribution in [0.5, 0.6) is 0 Å². The first-order valence-corrected chi connectivity index (χ1v) is 6.97. The van der Waals surface area contributed by atoms with Crippen molar-refractivity contribution in [3.05, 3.63) is 35.6 Å². The topological polar surface area (TPSA) is 69.7 Å². The fraction of sp³-hybridized carbons (Fsp3) is 0.400. The Hall–Kier alpha value is -2.44. The smallest absolute Gasteiger partial charge is 0.254 e. The fourth-order valence-corrected chi connectivity index (χ4v) is 2.46. The van der Waals surface area contributed by atoms with Crippen molar-refractivity contribution in [1.82, 2.24) is 15.1 Å². The summed E-state index contributed by atoms with van der Waals surface area (Å²) in [6.45, 7) is 2.21. The van der Waals surface area contributed by atoms with E-state index in [1.807, 2.05) is 0 Å². The lowest BCUT2D eigenvalue weighted by Crippen LogP contribution is -2.61. The zero-order chi connectivity index (χ0) is 16.3. The van der Waals surface area contributed by atoms with Gasteiger partial charge >= 0.3 is 0 Å². The first-order chi connectivity index (χ1) is 10.4. The molecule has 0 saturated carbocycles. The third-order valence-corrected chi connectivity index (χ3v) is 3.73. The second kappa shape index (κ2) is 6.55. The van der Waals surface area contributed by atoms with Crippen LogP contribution in [0.15, 0.2) is 24.3 Å². The van der Waals surface area contributed by atoms with Crippen LogP contribution in [0.4, 0.5) is 4.39 Å². The van der Waals surface area contributed by atoms with E-state index in [-0.39, 0.29) is 30.8 Å². The molecular weight excluding hydrogens is 289 g/mol. The molecule has 22 heavy (non-hydrogen) atoms. The van der Waals surface area contributed by atoms with Gasteiger partial charge in [-0.05, 0) is 24.3 Å². The highest BCUT2D eigenvalue weighted by atomic mass is 19.1. The summed E-state index contributed by atoms with van der Waals surface area (Å²) in [7, 11) is 1.48. The van der Waals surface area contributed by atoms with Gasteiger partial charge in [0.25, 0.3) is 5.91 Å². The highest BCUT2D eigenvalue weighted by molar-refractivity contribution is 5.98. The molecule has 1 aliphatic heterocycles. The zero-order valence-corrected chi connectivity index (χ0v) is 12.5. The molecule has 0 aromatic heterocycles. The van der Waals surface area contributed by atoms with Gasteiger partial charge in [-0.1, -0.05) is 0 Å². The van der Waals surface area contributed by atoms with Crippen LogP contribution >= 0.6 is 0 Å². The van der Waals surface area contributed by atoms with Gasteiger partial charge in [-0.25, -0.2) is 4.39 Å². The number of amides is 3. The summed E-state index contributed by atoms with van der Waals surface area (Å²) in [5, 5.41) is 2.51. The summed E-state index contributed by atoms with van der Waals surface area (Å²) >= 11 is 0. The minimum absolute atomic E-state index is 0.136. The van der Waals surface area contributed by atoms with Crippen molar-refractivity contribution in [2.24, 2.45) is 0 Å². The maximum absolute atomic E-state index is 13.0. The van der Waals surface area contributed by atoms with E-state index in [0.717, 1.165) is 0 Å². The van der Waals surface area contributed by atoms with Crippen LogP contribution in [0.25, 0.3) is 0 Å². The molecule has 1 unspecified atom stereocenters. The van der Waals surface area contributed by atoms with Gasteiger partial charge in [0.05, 0.1) is 6.54 Å². The standard InChI is InChI=1S/C15H18FN3O3/c1-10(20)18-7-8-19(13(9-18)14(21)17-2)15(22)11-3-5-12(16)6-4-11/h3-6,13H,7-9H2,1-2H3,(H,17,21). The third kappa shape index (κ3) is 3.24. The number of nitrogens with zero attached hydrogens (tertiary/aromatic N) is 2. The largest absolute Gasteiger partial charge is 0.357 e. The van der Waals surface area contributed by atoms with Crippen molar-refractivity contribution in [3.8, 4) is 0 Å². The molecule has 1 aliphatic rings. The SMILES string of the molecule is CNC(=O)C1CN(C(C)=O)CCN1C(=O)c1ccc(F)cc1. The normalized spacial score (nSPS) is 18.0. The second-order valence-corrected chi connectivity index (χ2v) is 5.10. The van der Waals surface area contributed by atoms with E-state index in [1.165, 1.54) is 48.0 Å². The molecule has 7 heteroatoms. The van der Waals surface area contributed by atoms with Crippen molar-refractivity contribution in [1.29, 1.82) is 0 Å². The minimum Gasteiger partial charge on any atom is -0.357 e. The molecule has 0 radical (unpaired) electrons. The Morgan fingerprint density at radius 1 is 1.18 bits per heavy atom. The van der Waals surface area contributed by atoms with E-state index < -0.39 is 11.9 Å². The number of likely N-dealkylation sites (N-methyl/N-ethyl adjacent to an activating group) is 1. The van der Waals surface area contributed by atoms with Gasteiger partial charge in [0, 0.05) is 32.6 Å². The van der Waals surface area contributed by atoms with E-state index in [2.05, 4.69) is 5.32 Å². The molecule has 1 N–H and O–H groups in total. The molecule has 1 aromatic carbocycles. The first kappa shape index (κ1) is 15.9. The number of nitrogens with one attached hydrogen (secondary N) is 1. The molecule has 1 fully saturated rings. The van der Waals surface area contributed by atoms with Crippen LogP contribution in [0, 0.1) is 5.82 Å². The summed E-state index contributed by atoms with van der Waals surface area (Å²) in [4.78, 5) is 39.0. The van der Waals surface area contributed by atoms with Crippen LogP contribution in [0.3, 0.4) is 0 Å². The van der Waals surface area contributed by atoms with E-state index >= 15 is 0 Å². The average molecular weight is 307 g/mol. The lowest BCUT2D eigenvalue weighted by atomic mass is 10.1. The number of hydrogen-bond acceptors (Lipinski definition) is 3. The highest BCUT2D eigenvalue weighted by Crippen LogP contribution is 2.15. The van der Waals surface area contributed by atoms with Gasteiger partial charge < -0.3 is 15.1 Å². The monoisotopic (exact) mass is 307 g/mol.